The van der Waals surface area contributed by atoms with Gasteiger partial charge in [0.05, 0.1) is 6.61 Å². The lowest BCUT2D eigenvalue weighted by Gasteiger charge is -2.41. The van der Waals surface area contributed by atoms with E-state index in [0.717, 1.165) is 37.3 Å². The Balaban J connectivity index is 1.58. The lowest BCUT2D eigenvalue weighted by atomic mass is 10.0. The molecule has 2 saturated heterocycles. The Morgan fingerprint density at radius 3 is 2.80 bits per heavy atom. The second-order valence-corrected chi connectivity index (χ2v) is 5.97. The predicted molar refractivity (Wildman–Crippen MR) is 78.7 cm³/mol. The van der Waals surface area contributed by atoms with Crippen molar-refractivity contribution >= 4 is 0 Å². The molecule has 0 aromatic carbocycles. The first kappa shape index (κ1) is 14.0. The molecule has 112 valence electrons. The van der Waals surface area contributed by atoms with E-state index in [1.807, 2.05) is 13.1 Å². The molecule has 1 unspecified atom stereocenters. The first-order valence-corrected chi connectivity index (χ1v) is 7.85. The molecule has 0 radical (unpaired) electrons. The van der Waals surface area contributed by atoms with E-state index >= 15 is 0 Å². The third-order valence-corrected chi connectivity index (χ3v) is 4.65. The van der Waals surface area contributed by atoms with Crippen molar-refractivity contribution in [2.45, 2.75) is 38.8 Å². The topological polar surface area (TPSA) is 44.4 Å². The van der Waals surface area contributed by atoms with E-state index < -0.39 is 0 Å². The summed E-state index contributed by atoms with van der Waals surface area (Å²) in [4.78, 5) is 12.9. The molecule has 2 fully saturated rings. The molecular weight excluding hydrogens is 252 g/mol. The fraction of sp³-hybridized carbons (Fsp3) is 0.800. The number of likely N-dealkylation sites (tertiary alicyclic amines) is 1. The smallest absolute Gasteiger partial charge is 0.136 e. The SMILES string of the molecule is CCN1CCC(N2CCOC(c3ncc(C)[nH]3)C2)CC1. The van der Waals surface area contributed by atoms with Crippen molar-refractivity contribution in [3.05, 3.63) is 17.7 Å². The van der Waals surface area contributed by atoms with E-state index in [0.29, 0.717) is 0 Å². The Morgan fingerprint density at radius 2 is 2.15 bits per heavy atom. The molecule has 1 N–H and O–H groups in total. The molecular formula is C15H26N4O. The highest BCUT2D eigenvalue weighted by atomic mass is 16.5. The van der Waals surface area contributed by atoms with Gasteiger partial charge in [-0.25, -0.2) is 4.98 Å². The van der Waals surface area contributed by atoms with Crippen molar-refractivity contribution in [1.29, 1.82) is 0 Å². The van der Waals surface area contributed by atoms with Gasteiger partial charge in [-0.3, -0.25) is 4.90 Å². The quantitative estimate of drug-likeness (QED) is 0.911. The van der Waals surface area contributed by atoms with Crippen molar-refractivity contribution in [3.63, 3.8) is 0 Å². The number of rotatable bonds is 3. The van der Waals surface area contributed by atoms with Crippen LogP contribution in [0.3, 0.4) is 0 Å². The van der Waals surface area contributed by atoms with Crippen molar-refractivity contribution in [2.75, 3.05) is 39.3 Å². The van der Waals surface area contributed by atoms with Crippen LogP contribution in [0.15, 0.2) is 6.20 Å². The Kier molecular flexibility index (Phi) is 4.38. The van der Waals surface area contributed by atoms with Gasteiger partial charge in [0.2, 0.25) is 0 Å². The highest BCUT2D eigenvalue weighted by Crippen LogP contribution is 2.24. The van der Waals surface area contributed by atoms with Gasteiger partial charge in [-0.05, 0) is 39.4 Å². The standard InChI is InChI=1S/C15H26N4O/c1-3-18-6-4-13(5-7-18)19-8-9-20-14(11-19)15-16-10-12(2)17-15/h10,13-14H,3-9,11H2,1-2H3,(H,16,17). The minimum Gasteiger partial charge on any atom is -0.368 e. The Hall–Kier alpha value is -0.910. The summed E-state index contributed by atoms with van der Waals surface area (Å²) in [5.74, 6) is 0.984. The number of imidazole rings is 1. The van der Waals surface area contributed by atoms with Gasteiger partial charge in [0.15, 0.2) is 0 Å². The van der Waals surface area contributed by atoms with Crippen LogP contribution in [0.2, 0.25) is 0 Å². The maximum atomic E-state index is 5.89. The summed E-state index contributed by atoms with van der Waals surface area (Å²) in [6.07, 6.45) is 4.58. The molecule has 0 aliphatic carbocycles. The molecule has 1 atom stereocenters. The molecule has 5 nitrogen and oxygen atoms in total. The summed E-state index contributed by atoms with van der Waals surface area (Å²) in [6.45, 7) is 10.8. The Morgan fingerprint density at radius 1 is 1.35 bits per heavy atom. The van der Waals surface area contributed by atoms with Gasteiger partial charge in [0.1, 0.15) is 11.9 Å². The number of H-pyrrole nitrogens is 1. The first-order chi connectivity index (χ1) is 9.76. The van der Waals surface area contributed by atoms with E-state index in [4.69, 9.17) is 4.74 Å². The predicted octanol–water partition coefficient (Wildman–Crippen LogP) is 1.58. The van der Waals surface area contributed by atoms with Crippen LogP contribution in [0, 0.1) is 6.92 Å². The maximum Gasteiger partial charge on any atom is 0.136 e. The zero-order chi connectivity index (χ0) is 13.9. The number of ether oxygens (including phenoxy) is 1. The van der Waals surface area contributed by atoms with E-state index in [1.54, 1.807) is 0 Å². The summed E-state index contributed by atoms with van der Waals surface area (Å²) in [5.41, 5.74) is 1.11. The van der Waals surface area contributed by atoms with Gasteiger partial charge in [0.25, 0.3) is 0 Å². The van der Waals surface area contributed by atoms with Crippen molar-refractivity contribution in [3.8, 4) is 0 Å². The van der Waals surface area contributed by atoms with E-state index in [2.05, 4.69) is 26.7 Å². The highest BCUT2D eigenvalue weighted by Gasteiger charge is 2.30. The van der Waals surface area contributed by atoms with Gasteiger partial charge < -0.3 is 14.6 Å². The van der Waals surface area contributed by atoms with Crippen LogP contribution in [0.4, 0.5) is 0 Å². The van der Waals surface area contributed by atoms with Crippen LogP contribution in [0.25, 0.3) is 0 Å². The second-order valence-electron chi connectivity index (χ2n) is 5.97. The van der Waals surface area contributed by atoms with Crippen molar-refractivity contribution in [1.82, 2.24) is 19.8 Å². The molecule has 0 saturated carbocycles. The van der Waals surface area contributed by atoms with Gasteiger partial charge in [-0.2, -0.15) is 0 Å². The number of hydrogen-bond donors (Lipinski definition) is 1. The number of aryl methyl sites for hydroxylation is 1. The fourth-order valence-corrected chi connectivity index (χ4v) is 3.36. The van der Waals surface area contributed by atoms with E-state index in [-0.39, 0.29) is 6.10 Å². The highest BCUT2D eigenvalue weighted by molar-refractivity contribution is 5.03. The summed E-state index contributed by atoms with van der Waals surface area (Å²) in [5, 5.41) is 0. The molecule has 1 aromatic rings. The summed E-state index contributed by atoms with van der Waals surface area (Å²) < 4.78 is 5.89. The number of nitrogens with one attached hydrogen (secondary N) is 1. The van der Waals surface area contributed by atoms with Crippen molar-refractivity contribution < 1.29 is 4.74 Å². The average Bonchev–Trinajstić information content (AvgIpc) is 2.94. The van der Waals surface area contributed by atoms with Gasteiger partial charge in [0, 0.05) is 31.0 Å². The van der Waals surface area contributed by atoms with Crippen LogP contribution in [-0.4, -0.2) is 65.1 Å². The molecule has 0 amide bonds. The molecule has 2 aliphatic rings. The van der Waals surface area contributed by atoms with Gasteiger partial charge in [-0.1, -0.05) is 6.92 Å². The number of aromatic amines is 1. The zero-order valence-electron chi connectivity index (χ0n) is 12.6. The summed E-state index contributed by atoms with van der Waals surface area (Å²) in [7, 11) is 0. The first-order valence-electron chi connectivity index (χ1n) is 7.85. The average molecular weight is 278 g/mol. The zero-order valence-corrected chi connectivity index (χ0v) is 12.6. The molecule has 20 heavy (non-hydrogen) atoms. The summed E-state index contributed by atoms with van der Waals surface area (Å²) in [6, 6.07) is 0.722. The normalized spacial score (nSPS) is 27.0. The molecule has 0 bridgehead atoms. The van der Waals surface area contributed by atoms with Crippen molar-refractivity contribution in [2.24, 2.45) is 0 Å². The lowest BCUT2D eigenvalue weighted by molar-refractivity contribution is -0.0566. The number of piperidine rings is 1. The molecule has 1 aromatic heterocycles. The van der Waals surface area contributed by atoms with E-state index in [1.165, 1.54) is 32.5 Å². The number of morpholine rings is 1. The fourth-order valence-electron chi connectivity index (χ4n) is 3.36. The largest absolute Gasteiger partial charge is 0.368 e. The second kappa shape index (κ2) is 6.24. The Bertz CT molecular complexity index is 425. The molecule has 3 heterocycles. The molecule has 5 heteroatoms. The van der Waals surface area contributed by atoms with Crippen LogP contribution in [-0.2, 0) is 4.74 Å². The van der Waals surface area contributed by atoms with Crippen LogP contribution in [0.1, 0.15) is 37.4 Å². The van der Waals surface area contributed by atoms with Crippen LogP contribution in [0.5, 0.6) is 0 Å². The monoisotopic (exact) mass is 278 g/mol. The Labute approximate surface area is 121 Å². The minimum atomic E-state index is 0.113. The van der Waals surface area contributed by atoms with Gasteiger partial charge in [-0.15, -0.1) is 0 Å². The third-order valence-electron chi connectivity index (χ3n) is 4.65. The molecule has 2 aliphatic heterocycles. The number of hydrogen-bond acceptors (Lipinski definition) is 4. The van der Waals surface area contributed by atoms with Crippen LogP contribution < -0.4 is 0 Å². The minimum absolute atomic E-state index is 0.113. The van der Waals surface area contributed by atoms with E-state index in [9.17, 15) is 0 Å². The lowest BCUT2D eigenvalue weighted by Crippen LogP contribution is -2.49. The van der Waals surface area contributed by atoms with Gasteiger partial charge >= 0.3 is 0 Å². The molecule has 0 spiro atoms. The number of nitrogens with zero attached hydrogens (tertiary/aromatic N) is 3. The number of aromatic nitrogens is 2. The summed E-state index contributed by atoms with van der Waals surface area (Å²) >= 11 is 0. The third kappa shape index (κ3) is 3.05. The molecule has 3 rings (SSSR count). The maximum absolute atomic E-state index is 5.89. The van der Waals surface area contributed by atoms with Crippen LogP contribution >= 0.6 is 0 Å².